The highest BCUT2D eigenvalue weighted by Crippen LogP contribution is 2.41. The van der Waals surface area contributed by atoms with E-state index in [-0.39, 0.29) is 16.5 Å². The number of aliphatic carboxylic acids is 2. The van der Waals surface area contributed by atoms with Gasteiger partial charge in [0, 0.05) is 29.0 Å². The van der Waals surface area contributed by atoms with E-state index in [9.17, 15) is 24.3 Å². The molecule has 4 heterocycles. The van der Waals surface area contributed by atoms with Crippen molar-refractivity contribution in [1.82, 2.24) is 15.2 Å². The van der Waals surface area contributed by atoms with Gasteiger partial charge < -0.3 is 26.1 Å². The van der Waals surface area contributed by atoms with Crippen LogP contribution in [0, 0.1) is 0 Å². The monoisotopic (exact) mass is 577 g/mol. The number of β-lactam (4-membered cyclic amide) rings is 1. The number of oxime groups is 1. The fraction of sp³-hybridized carbons (Fsp3) is 0.227. The zero-order valence-corrected chi connectivity index (χ0v) is 22.1. The highest BCUT2D eigenvalue weighted by molar-refractivity contribution is 8.01. The zero-order chi connectivity index (χ0) is 27.6. The van der Waals surface area contributed by atoms with Crippen molar-refractivity contribution in [2.45, 2.75) is 16.4 Å². The number of thiazole rings is 1. The van der Waals surface area contributed by atoms with Crippen molar-refractivity contribution in [1.29, 1.82) is 0 Å². The molecule has 0 aromatic carbocycles. The summed E-state index contributed by atoms with van der Waals surface area (Å²) in [4.78, 5) is 59.0. The van der Waals surface area contributed by atoms with Crippen molar-refractivity contribution < 1.29 is 38.8 Å². The van der Waals surface area contributed by atoms with Crippen LogP contribution in [-0.2, 0) is 31.1 Å². The number of nitrogens with two attached hydrogens (primary N) is 1. The van der Waals surface area contributed by atoms with Crippen molar-refractivity contribution in [3.63, 3.8) is 0 Å². The molecule has 16 heteroatoms. The minimum atomic E-state index is -1.49. The maximum Gasteiger partial charge on any atom is 0.374 e. The molecule has 0 bridgehead atoms. The number of carbonyl (C=O) groups is 4. The number of rotatable bonds is 10. The fourth-order valence-electron chi connectivity index (χ4n) is 3.56. The molecule has 1 saturated heterocycles. The van der Waals surface area contributed by atoms with Gasteiger partial charge >= 0.3 is 11.9 Å². The summed E-state index contributed by atoms with van der Waals surface area (Å²) < 4.78 is 1.91. The first-order valence-electron chi connectivity index (χ1n) is 10.8. The van der Waals surface area contributed by atoms with Gasteiger partial charge in [-0.3, -0.25) is 14.5 Å². The van der Waals surface area contributed by atoms with Gasteiger partial charge in [0.2, 0.25) is 10.8 Å². The van der Waals surface area contributed by atoms with E-state index >= 15 is 0 Å². The number of pyridine rings is 1. The summed E-state index contributed by atoms with van der Waals surface area (Å²) in [6, 6.07) is 4.63. The van der Waals surface area contributed by atoms with E-state index < -0.39 is 46.6 Å². The molecule has 2 aromatic rings. The highest BCUT2D eigenvalue weighted by atomic mass is 32.2. The maximum atomic E-state index is 13.0. The lowest BCUT2D eigenvalue weighted by Gasteiger charge is -2.49. The molecule has 0 spiro atoms. The van der Waals surface area contributed by atoms with Crippen LogP contribution in [0.5, 0.6) is 0 Å². The molecule has 2 aliphatic heterocycles. The van der Waals surface area contributed by atoms with Gasteiger partial charge in [0.05, 0.1) is 0 Å². The Kier molecular flexibility index (Phi) is 8.03. The van der Waals surface area contributed by atoms with Gasteiger partial charge in [-0.25, -0.2) is 14.6 Å². The Morgan fingerprint density at radius 3 is 2.79 bits per heavy atom. The van der Waals surface area contributed by atoms with Gasteiger partial charge in [0.25, 0.3) is 11.8 Å². The number of anilines is 1. The lowest BCUT2D eigenvalue weighted by molar-refractivity contribution is -0.708. The molecule has 2 atom stereocenters. The van der Waals surface area contributed by atoms with Gasteiger partial charge in [-0.2, -0.15) is 4.57 Å². The largest absolute Gasteiger partial charge is 0.477 e. The van der Waals surface area contributed by atoms with Crippen LogP contribution in [0.1, 0.15) is 5.69 Å². The number of carboxylic acid groups (broad SMARTS) is 2. The number of carboxylic acids is 2. The summed E-state index contributed by atoms with van der Waals surface area (Å²) in [5.74, 6) is -4.23. The minimum Gasteiger partial charge on any atom is -0.477 e. The number of hydrogen-bond acceptors (Lipinski definition) is 11. The number of nitrogens with one attached hydrogen (secondary N) is 1. The average molecular weight is 578 g/mol. The first-order chi connectivity index (χ1) is 18.1. The SMILES string of the molecule is C=C(ON=C(C(=O)N[C@@H]1C(=O)N2C(C(=O)O)=C(CSc3cccc[n+]3C)CS[C@H]12)c1csc(N)n1)C(=O)O. The number of aromatic nitrogens is 2. The molecule has 1 fully saturated rings. The molecule has 5 N–H and O–H groups in total. The highest BCUT2D eigenvalue weighted by Gasteiger charge is 2.54. The molecule has 4 rings (SSSR count). The van der Waals surface area contributed by atoms with E-state index in [0.29, 0.717) is 17.1 Å². The molecule has 2 aliphatic rings. The Morgan fingerprint density at radius 1 is 1.39 bits per heavy atom. The van der Waals surface area contributed by atoms with Gasteiger partial charge in [0.15, 0.2) is 17.0 Å². The van der Waals surface area contributed by atoms with Crippen molar-refractivity contribution in [3.8, 4) is 0 Å². The second kappa shape index (κ2) is 11.2. The Balaban J connectivity index is 1.51. The molecule has 0 aliphatic carbocycles. The smallest absolute Gasteiger partial charge is 0.374 e. The molecule has 0 saturated carbocycles. The Hall–Kier alpha value is -3.89. The van der Waals surface area contributed by atoms with Crippen molar-refractivity contribution in [3.05, 3.63) is 59.1 Å². The lowest BCUT2D eigenvalue weighted by Crippen LogP contribution is -2.71. The molecule has 0 unspecified atom stereocenters. The van der Waals surface area contributed by atoms with E-state index in [4.69, 9.17) is 15.7 Å². The third-order valence-corrected chi connectivity index (χ3v) is 8.63. The summed E-state index contributed by atoms with van der Waals surface area (Å²) in [7, 11) is 1.88. The summed E-state index contributed by atoms with van der Waals surface area (Å²) in [6.07, 6.45) is 1.88. The third kappa shape index (κ3) is 5.51. The predicted octanol–water partition coefficient (Wildman–Crippen LogP) is 0.400. The number of amides is 2. The van der Waals surface area contributed by atoms with E-state index in [1.807, 2.05) is 36.0 Å². The van der Waals surface area contributed by atoms with Crippen LogP contribution in [0.2, 0.25) is 0 Å². The van der Waals surface area contributed by atoms with Crippen LogP contribution in [0.25, 0.3) is 0 Å². The number of hydrogen-bond donors (Lipinski definition) is 4. The normalized spacial score (nSPS) is 18.9. The number of carbonyl (C=O) groups excluding carboxylic acids is 2. The number of aryl methyl sites for hydroxylation is 1. The van der Waals surface area contributed by atoms with Crippen molar-refractivity contribution >= 4 is 69.5 Å². The van der Waals surface area contributed by atoms with E-state index in [0.717, 1.165) is 16.4 Å². The quantitative estimate of drug-likeness (QED) is 0.0582. The van der Waals surface area contributed by atoms with Crippen LogP contribution in [0.3, 0.4) is 0 Å². The Labute approximate surface area is 228 Å². The fourth-order valence-corrected chi connectivity index (χ4v) is 6.59. The summed E-state index contributed by atoms with van der Waals surface area (Å²) in [6.45, 7) is 3.18. The zero-order valence-electron chi connectivity index (χ0n) is 19.7. The number of nitrogen functional groups attached to an aromatic ring is 1. The van der Waals surface area contributed by atoms with E-state index in [1.165, 1.54) is 33.8 Å². The first kappa shape index (κ1) is 27.2. The number of thioether (sulfide) groups is 2. The summed E-state index contributed by atoms with van der Waals surface area (Å²) in [5.41, 5.74) is 5.71. The van der Waals surface area contributed by atoms with Crippen LogP contribution in [0.15, 0.2) is 63.6 Å². The summed E-state index contributed by atoms with van der Waals surface area (Å²) in [5, 5.41) is 26.7. The molecule has 13 nitrogen and oxygen atoms in total. The lowest BCUT2D eigenvalue weighted by atomic mass is 10.0. The molecule has 2 aromatic heterocycles. The predicted molar refractivity (Wildman–Crippen MR) is 139 cm³/mol. The van der Waals surface area contributed by atoms with E-state index in [2.05, 4.69) is 22.0 Å². The molecular formula is C22H21N6O7S3+. The van der Waals surface area contributed by atoms with Crippen LogP contribution < -0.4 is 15.6 Å². The number of nitrogens with zero attached hydrogens (tertiary/aromatic N) is 4. The first-order valence-corrected chi connectivity index (χ1v) is 13.7. The Bertz CT molecular complexity index is 1410. The number of fused-ring (bicyclic) bond motifs is 1. The second-order valence-electron chi connectivity index (χ2n) is 7.89. The maximum absolute atomic E-state index is 13.0. The third-order valence-electron chi connectivity index (χ3n) is 5.40. The van der Waals surface area contributed by atoms with E-state index in [1.54, 1.807) is 0 Å². The standard InChI is InChI=1S/C22H20N6O7S3/c1-10(20(31)32)35-26-14(12-9-38-22(23)24-12)17(29)25-15-18(30)28-16(21(33)34)11(8-37-19(15)28)7-36-13-5-3-4-6-27(13)2/h3-6,9,15,19H,1,7-8H2,2H3,(H4-,23,24,25,29,31,32,33,34)/p+1/t15-,19-/m1/s1. The minimum absolute atomic E-state index is 0.00243. The molecule has 2 amide bonds. The summed E-state index contributed by atoms with van der Waals surface area (Å²) >= 11 is 3.79. The topological polar surface area (TPSA) is 188 Å². The van der Waals surface area contributed by atoms with Gasteiger partial charge in [-0.1, -0.05) is 16.9 Å². The van der Waals surface area contributed by atoms with Gasteiger partial charge in [-0.15, -0.1) is 23.1 Å². The van der Waals surface area contributed by atoms with Gasteiger partial charge in [-0.05, 0) is 18.2 Å². The average Bonchev–Trinajstić information content (AvgIpc) is 3.31. The second-order valence-corrected chi connectivity index (χ2v) is 10.9. The molecule has 38 heavy (non-hydrogen) atoms. The Morgan fingerprint density at radius 2 is 2.16 bits per heavy atom. The van der Waals surface area contributed by atoms with Gasteiger partial charge in [0.1, 0.15) is 29.9 Å². The van der Waals surface area contributed by atoms with Crippen LogP contribution >= 0.6 is 34.9 Å². The van der Waals surface area contributed by atoms with Crippen molar-refractivity contribution in [2.24, 2.45) is 12.2 Å². The van der Waals surface area contributed by atoms with Crippen molar-refractivity contribution in [2.75, 3.05) is 17.2 Å². The molecular weight excluding hydrogens is 556 g/mol. The van der Waals surface area contributed by atoms with Crippen LogP contribution in [0.4, 0.5) is 5.13 Å². The van der Waals surface area contributed by atoms with Crippen LogP contribution in [-0.4, -0.2) is 72.5 Å². The molecule has 198 valence electrons. The molecule has 0 radical (unpaired) electrons.